The summed E-state index contributed by atoms with van der Waals surface area (Å²) in [6.45, 7) is 2.22. The summed E-state index contributed by atoms with van der Waals surface area (Å²) in [5, 5.41) is 13.5. The zero-order chi connectivity index (χ0) is 16.8. The molecule has 1 aliphatic rings. The number of rotatable bonds is 6. The molecule has 1 N–H and O–H groups in total. The Morgan fingerprint density at radius 1 is 1.48 bits per heavy atom. The van der Waals surface area contributed by atoms with Crippen LogP contribution in [0.4, 0.5) is 5.69 Å². The minimum absolute atomic E-state index is 0.00870. The van der Waals surface area contributed by atoms with E-state index >= 15 is 0 Å². The van der Waals surface area contributed by atoms with Gasteiger partial charge in [0.25, 0.3) is 11.6 Å². The third-order valence-electron chi connectivity index (χ3n) is 3.53. The van der Waals surface area contributed by atoms with Gasteiger partial charge in [-0.1, -0.05) is 6.07 Å². The summed E-state index contributed by atoms with van der Waals surface area (Å²) in [7, 11) is 0. The molecule has 8 heteroatoms. The highest BCUT2D eigenvalue weighted by atomic mass is 16.6. The van der Waals surface area contributed by atoms with E-state index in [0.717, 1.165) is 18.9 Å². The Hall–Kier alpha value is -2.48. The summed E-state index contributed by atoms with van der Waals surface area (Å²) in [5.74, 6) is -1.21. The van der Waals surface area contributed by atoms with Crippen molar-refractivity contribution in [2.24, 2.45) is 0 Å². The van der Waals surface area contributed by atoms with Crippen molar-refractivity contribution in [1.82, 2.24) is 5.32 Å². The number of amides is 1. The van der Waals surface area contributed by atoms with Crippen LogP contribution in [-0.2, 0) is 14.3 Å². The number of nitro groups is 1. The Bertz CT molecular complexity index is 610. The molecule has 0 radical (unpaired) electrons. The molecule has 1 fully saturated rings. The van der Waals surface area contributed by atoms with Crippen LogP contribution in [0.25, 0.3) is 0 Å². The first-order valence-electron chi connectivity index (χ1n) is 7.28. The summed E-state index contributed by atoms with van der Waals surface area (Å²) in [4.78, 5) is 33.7. The molecule has 23 heavy (non-hydrogen) atoms. The van der Waals surface area contributed by atoms with Crippen molar-refractivity contribution in [2.45, 2.75) is 25.9 Å². The molecule has 1 unspecified atom stereocenters. The van der Waals surface area contributed by atoms with Gasteiger partial charge in [0, 0.05) is 24.8 Å². The Labute approximate surface area is 132 Å². The van der Waals surface area contributed by atoms with Gasteiger partial charge in [-0.15, -0.1) is 0 Å². The fraction of sp³-hybridized carbons (Fsp3) is 0.467. The number of esters is 1. The molecule has 1 aromatic carbocycles. The van der Waals surface area contributed by atoms with Crippen molar-refractivity contribution in [3.8, 4) is 0 Å². The zero-order valence-electron chi connectivity index (χ0n) is 12.7. The van der Waals surface area contributed by atoms with Crippen LogP contribution in [0.3, 0.4) is 0 Å². The van der Waals surface area contributed by atoms with Gasteiger partial charge < -0.3 is 14.8 Å². The number of benzene rings is 1. The van der Waals surface area contributed by atoms with Crippen LogP contribution < -0.4 is 5.32 Å². The first-order chi connectivity index (χ1) is 11.0. The molecule has 1 atom stereocenters. The van der Waals surface area contributed by atoms with E-state index in [-0.39, 0.29) is 17.4 Å². The summed E-state index contributed by atoms with van der Waals surface area (Å²) in [6, 6.07) is 4.03. The second-order valence-corrected chi connectivity index (χ2v) is 5.27. The molecule has 0 saturated carbocycles. The number of carbonyl (C=O) groups is 2. The molecule has 0 aromatic heterocycles. The molecule has 1 saturated heterocycles. The first-order valence-corrected chi connectivity index (χ1v) is 7.28. The van der Waals surface area contributed by atoms with Gasteiger partial charge >= 0.3 is 5.97 Å². The van der Waals surface area contributed by atoms with E-state index in [0.29, 0.717) is 18.7 Å². The lowest BCUT2D eigenvalue weighted by molar-refractivity contribution is -0.385. The van der Waals surface area contributed by atoms with Gasteiger partial charge in [-0.25, -0.2) is 4.79 Å². The summed E-state index contributed by atoms with van der Waals surface area (Å²) in [6.07, 6.45) is 1.88. The Morgan fingerprint density at radius 2 is 2.26 bits per heavy atom. The monoisotopic (exact) mass is 322 g/mol. The Morgan fingerprint density at radius 3 is 2.91 bits per heavy atom. The molecule has 124 valence electrons. The molecule has 2 rings (SSSR count). The molecular formula is C15H18N2O6. The maximum absolute atomic E-state index is 11.8. The standard InChI is InChI=1S/C15H18N2O6/c1-10-4-5-11(7-13(10)17(20)21)15(19)23-9-14(18)16-8-12-3-2-6-22-12/h4-5,7,12H,2-3,6,8-9H2,1H3,(H,16,18). The fourth-order valence-corrected chi connectivity index (χ4v) is 2.23. The average Bonchev–Trinajstić information content (AvgIpc) is 3.04. The van der Waals surface area contributed by atoms with Crippen LogP contribution in [0.5, 0.6) is 0 Å². The van der Waals surface area contributed by atoms with Crippen molar-refractivity contribution in [3.05, 3.63) is 39.4 Å². The number of hydrogen-bond donors (Lipinski definition) is 1. The maximum atomic E-state index is 11.8. The van der Waals surface area contributed by atoms with E-state index in [4.69, 9.17) is 9.47 Å². The van der Waals surface area contributed by atoms with Crippen LogP contribution in [0.2, 0.25) is 0 Å². The average molecular weight is 322 g/mol. The van der Waals surface area contributed by atoms with Crippen LogP contribution >= 0.6 is 0 Å². The van der Waals surface area contributed by atoms with Crippen molar-refractivity contribution in [1.29, 1.82) is 0 Å². The highest BCUT2D eigenvalue weighted by Crippen LogP contribution is 2.19. The van der Waals surface area contributed by atoms with E-state index in [1.54, 1.807) is 6.92 Å². The van der Waals surface area contributed by atoms with Gasteiger partial charge in [0.1, 0.15) is 0 Å². The normalized spacial score (nSPS) is 16.8. The van der Waals surface area contributed by atoms with Gasteiger partial charge in [-0.2, -0.15) is 0 Å². The van der Waals surface area contributed by atoms with E-state index in [9.17, 15) is 19.7 Å². The predicted molar refractivity (Wildman–Crippen MR) is 80.1 cm³/mol. The number of nitrogens with one attached hydrogen (secondary N) is 1. The number of hydrogen-bond acceptors (Lipinski definition) is 6. The molecular weight excluding hydrogens is 304 g/mol. The van der Waals surface area contributed by atoms with E-state index in [1.807, 2.05) is 0 Å². The van der Waals surface area contributed by atoms with Crippen LogP contribution in [0.1, 0.15) is 28.8 Å². The molecule has 1 aromatic rings. The van der Waals surface area contributed by atoms with Gasteiger partial charge in [-0.3, -0.25) is 14.9 Å². The summed E-state index contributed by atoms with van der Waals surface area (Å²) in [5.41, 5.74) is 0.317. The van der Waals surface area contributed by atoms with E-state index in [1.165, 1.54) is 12.1 Å². The highest BCUT2D eigenvalue weighted by molar-refractivity contribution is 5.92. The lowest BCUT2D eigenvalue weighted by Gasteiger charge is -2.11. The van der Waals surface area contributed by atoms with Gasteiger partial charge in [0.15, 0.2) is 6.61 Å². The van der Waals surface area contributed by atoms with Gasteiger partial charge in [0.2, 0.25) is 0 Å². The van der Waals surface area contributed by atoms with Crippen molar-refractivity contribution in [2.75, 3.05) is 19.8 Å². The van der Waals surface area contributed by atoms with Gasteiger partial charge in [0.05, 0.1) is 16.6 Å². The Kier molecular flexibility index (Phi) is 5.64. The second kappa shape index (κ2) is 7.68. The molecule has 1 aliphatic heterocycles. The smallest absolute Gasteiger partial charge is 0.338 e. The molecule has 8 nitrogen and oxygen atoms in total. The second-order valence-electron chi connectivity index (χ2n) is 5.27. The number of carbonyl (C=O) groups excluding carboxylic acids is 2. The molecule has 0 aliphatic carbocycles. The van der Waals surface area contributed by atoms with Crippen molar-refractivity contribution in [3.63, 3.8) is 0 Å². The van der Waals surface area contributed by atoms with E-state index in [2.05, 4.69) is 5.32 Å². The minimum Gasteiger partial charge on any atom is -0.452 e. The number of ether oxygens (including phenoxy) is 2. The zero-order valence-corrected chi connectivity index (χ0v) is 12.7. The molecule has 0 bridgehead atoms. The highest BCUT2D eigenvalue weighted by Gasteiger charge is 2.18. The van der Waals surface area contributed by atoms with Crippen molar-refractivity contribution < 1.29 is 24.0 Å². The van der Waals surface area contributed by atoms with E-state index < -0.39 is 23.4 Å². The third kappa shape index (κ3) is 4.75. The van der Waals surface area contributed by atoms with Crippen molar-refractivity contribution >= 4 is 17.6 Å². The van der Waals surface area contributed by atoms with Crippen LogP contribution in [0.15, 0.2) is 18.2 Å². The summed E-state index contributed by atoms with van der Waals surface area (Å²) < 4.78 is 10.2. The minimum atomic E-state index is -0.777. The number of aryl methyl sites for hydroxylation is 1. The SMILES string of the molecule is Cc1ccc(C(=O)OCC(=O)NCC2CCCO2)cc1[N+](=O)[O-]. The van der Waals surface area contributed by atoms with Gasteiger partial charge in [-0.05, 0) is 25.8 Å². The molecule has 0 spiro atoms. The Balaban J connectivity index is 1.83. The quantitative estimate of drug-likeness (QED) is 0.481. The maximum Gasteiger partial charge on any atom is 0.338 e. The predicted octanol–water partition coefficient (Wildman–Crippen LogP) is 1.36. The lowest BCUT2D eigenvalue weighted by Crippen LogP contribution is -2.34. The molecule has 1 heterocycles. The third-order valence-corrected chi connectivity index (χ3v) is 3.53. The largest absolute Gasteiger partial charge is 0.452 e. The number of nitro benzene ring substituents is 1. The lowest BCUT2D eigenvalue weighted by atomic mass is 10.1. The number of nitrogens with zero attached hydrogens (tertiary/aromatic N) is 1. The topological polar surface area (TPSA) is 108 Å². The first kappa shape index (κ1) is 16.9. The van der Waals surface area contributed by atoms with Crippen LogP contribution in [-0.4, -0.2) is 42.7 Å². The van der Waals surface area contributed by atoms with Crippen LogP contribution in [0, 0.1) is 17.0 Å². The molecule has 1 amide bonds. The fourth-order valence-electron chi connectivity index (χ4n) is 2.23. The summed E-state index contributed by atoms with van der Waals surface area (Å²) >= 11 is 0.